The molecule has 2 aromatic heterocycles. The summed E-state index contributed by atoms with van der Waals surface area (Å²) in [4.78, 5) is 20.4. The lowest BCUT2D eigenvalue weighted by molar-refractivity contribution is -0.117. The molecule has 0 bridgehead atoms. The van der Waals surface area contributed by atoms with Crippen LogP contribution in [0.25, 0.3) is 11.3 Å². The summed E-state index contributed by atoms with van der Waals surface area (Å²) in [6.45, 7) is 0. The van der Waals surface area contributed by atoms with Crippen LogP contribution in [-0.4, -0.2) is 15.9 Å². The molecule has 0 spiro atoms. The van der Waals surface area contributed by atoms with Crippen LogP contribution in [0.15, 0.2) is 48.7 Å². The van der Waals surface area contributed by atoms with Gasteiger partial charge < -0.3 is 5.73 Å². The molecule has 0 radical (unpaired) electrons. The number of aromatic nitrogens is 2. The van der Waals surface area contributed by atoms with Crippen molar-refractivity contribution in [3.05, 3.63) is 81.8 Å². The van der Waals surface area contributed by atoms with Gasteiger partial charge >= 0.3 is 0 Å². The van der Waals surface area contributed by atoms with Crippen molar-refractivity contribution in [1.29, 1.82) is 0 Å². The van der Waals surface area contributed by atoms with Gasteiger partial charge in [0.2, 0.25) is 5.91 Å². The van der Waals surface area contributed by atoms with Crippen LogP contribution >= 0.6 is 24.0 Å². The van der Waals surface area contributed by atoms with Crippen LogP contribution in [0.5, 0.6) is 0 Å². The highest BCUT2D eigenvalue weighted by Crippen LogP contribution is 2.30. The van der Waals surface area contributed by atoms with E-state index in [0.717, 1.165) is 48.2 Å². The van der Waals surface area contributed by atoms with Crippen LogP contribution < -0.4 is 5.73 Å². The van der Waals surface area contributed by atoms with Crippen LogP contribution in [0.1, 0.15) is 34.5 Å². The van der Waals surface area contributed by atoms with E-state index < -0.39 is 0 Å². The minimum absolute atomic E-state index is 0. The van der Waals surface area contributed by atoms with Gasteiger partial charge in [-0.2, -0.15) is 0 Å². The Morgan fingerprint density at radius 2 is 2.00 bits per heavy atom. The number of fused-ring (bicyclic) bond motifs is 1. The molecule has 0 saturated heterocycles. The van der Waals surface area contributed by atoms with Crippen LogP contribution in [0.2, 0.25) is 5.02 Å². The topological polar surface area (TPSA) is 68.9 Å². The molecule has 4 rings (SSSR count). The molecule has 144 valence electrons. The molecule has 0 aliphatic heterocycles. The molecular weight excluding hydrogens is 393 g/mol. The maximum absolute atomic E-state index is 11.0. The third kappa shape index (κ3) is 4.51. The summed E-state index contributed by atoms with van der Waals surface area (Å²) in [5, 5.41) is 0.711. The van der Waals surface area contributed by atoms with Gasteiger partial charge in [0.25, 0.3) is 0 Å². The second kappa shape index (κ2) is 8.72. The Bertz CT molecular complexity index is 1000. The first-order valence-electron chi connectivity index (χ1n) is 9.08. The number of primary amides is 1. The van der Waals surface area contributed by atoms with Crippen molar-refractivity contribution in [3.8, 4) is 11.3 Å². The van der Waals surface area contributed by atoms with Crippen LogP contribution in [-0.2, 0) is 30.5 Å². The Balaban J connectivity index is 0.00000225. The lowest BCUT2D eigenvalue weighted by Gasteiger charge is -2.12. The second-order valence-electron chi connectivity index (χ2n) is 6.93. The van der Waals surface area contributed by atoms with E-state index in [-0.39, 0.29) is 24.7 Å². The summed E-state index contributed by atoms with van der Waals surface area (Å²) in [5.41, 5.74) is 12.9. The van der Waals surface area contributed by atoms with Crippen molar-refractivity contribution in [3.63, 3.8) is 0 Å². The predicted molar refractivity (Wildman–Crippen MR) is 114 cm³/mol. The first-order valence-corrected chi connectivity index (χ1v) is 9.46. The Labute approximate surface area is 175 Å². The summed E-state index contributed by atoms with van der Waals surface area (Å²) in [6.07, 6.45) is 5.92. The van der Waals surface area contributed by atoms with E-state index in [4.69, 9.17) is 22.3 Å². The maximum Gasteiger partial charge on any atom is 0.221 e. The van der Waals surface area contributed by atoms with Gasteiger partial charge in [0.1, 0.15) is 0 Å². The van der Waals surface area contributed by atoms with E-state index in [1.54, 1.807) is 6.20 Å². The average molecular weight is 414 g/mol. The van der Waals surface area contributed by atoms with Crippen molar-refractivity contribution in [2.24, 2.45) is 5.73 Å². The fraction of sp³-hybridized carbons (Fsp3) is 0.227. The minimum atomic E-state index is -0.345. The smallest absolute Gasteiger partial charge is 0.221 e. The van der Waals surface area contributed by atoms with Gasteiger partial charge in [-0.3, -0.25) is 14.8 Å². The maximum atomic E-state index is 11.0. The van der Waals surface area contributed by atoms with Gasteiger partial charge in [-0.25, -0.2) is 0 Å². The molecule has 0 atom stereocenters. The zero-order chi connectivity index (χ0) is 18.8. The number of halogens is 2. The number of nitrogens with zero attached hydrogens (tertiary/aromatic N) is 2. The highest BCUT2D eigenvalue weighted by molar-refractivity contribution is 6.30. The average Bonchev–Trinajstić information content (AvgIpc) is 3.12. The highest BCUT2D eigenvalue weighted by Gasteiger charge is 2.19. The first-order chi connectivity index (χ1) is 13.1. The van der Waals surface area contributed by atoms with E-state index in [0.29, 0.717) is 5.02 Å². The lowest BCUT2D eigenvalue weighted by Crippen LogP contribution is -2.13. The van der Waals surface area contributed by atoms with Crippen molar-refractivity contribution in [2.45, 2.75) is 32.1 Å². The van der Waals surface area contributed by atoms with Crippen LogP contribution in [0.3, 0.4) is 0 Å². The molecular formula is C22H21Cl2N3O. The number of benzene rings is 1. The Morgan fingerprint density at radius 1 is 1.14 bits per heavy atom. The summed E-state index contributed by atoms with van der Waals surface area (Å²) in [7, 11) is 0. The Morgan fingerprint density at radius 3 is 2.71 bits per heavy atom. The lowest BCUT2D eigenvalue weighted by atomic mass is 9.99. The molecule has 1 aliphatic carbocycles. The molecule has 2 N–H and O–H groups in total. The molecule has 1 amide bonds. The third-order valence-electron chi connectivity index (χ3n) is 4.90. The second-order valence-corrected chi connectivity index (χ2v) is 7.37. The molecule has 0 unspecified atom stereocenters. The quantitative estimate of drug-likeness (QED) is 0.676. The highest BCUT2D eigenvalue weighted by atomic mass is 35.5. The van der Waals surface area contributed by atoms with Gasteiger partial charge in [0.15, 0.2) is 0 Å². The van der Waals surface area contributed by atoms with Crippen molar-refractivity contribution < 1.29 is 4.79 Å². The number of carbonyl (C=O) groups is 1. The minimum Gasteiger partial charge on any atom is -0.369 e. The summed E-state index contributed by atoms with van der Waals surface area (Å²) in [5.74, 6) is -0.345. The van der Waals surface area contributed by atoms with E-state index in [1.807, 2.05) is 36.4 Å². The number of amides is 1. The molecule has 3 aromatic rings. The van der Waals surface area contributed by atoms with E-state index in [1.165, 1.54) is 16.8 Å². The fourth-order valence-electron chi connectivity index (χ4n) is 3.64. The van der Waals surface area contributed by atoms with Gasteiger partial charge in [-0.15, -0.1) is 12.4 Å². The Hall–Kier alpha value is -2.43. The molecule has 1 aliphatic rings. The summed E-state index contributed by atoms with van der Waals surface area (Å²) >= 11 is 6.16. The summed E-state index contributed by atoms with van der Waals surface area (Å²) < 4.78 is 0. The molecule has 28 heavy (non-hydrogen) atoms. The number of carbonyl (C=O) groups excluding carboxylic acids is 1. The normalized spacial score (nSPS) is 12.3. The van der Waals surface area contributed by atoms with Gasteiger partial charge in [-0.1, -0.05) is 29.8 Å². The van der Waals surface area contributed by atoms with Crippen molar-refractivity contribution in [1.82, 2.24) is 9.97 Å². The summed E-state index contributed by atoms with van der Waals surface area (Å²) in [6, 6.07) is 13.9. The standard InChI is InChI=1S/C22H20ClN3O.ClH/c23-17-4-1-3-15(10-17)21-12-16(19-5-2-6-20(19)26-21)11-18-8-7-14(13-25-18)9-22(24)27;/h1,3-4,7-8,10,12-13H,2,5-6,9,11H2,(H2,24,27);1H. The number of hydrogen-bond acceptors (Lipinski definition) is 3. The monoisotopic (exact) mass is 413 g/mol. The van der Waals surface area contributed by atoms with Crippen molar-refractivity contribution >= 4 is 29.9 Å². The van der Waals surface area contributed by atoms with Gasteiger partial charge in [0.05, 0.1) is 12.1 Å². The predicted octanol–water partition coefficient (Wildman–Crippen LogP) is 4.33. The fourth-order valence-corrected chi connectivity index (χ4v) is 3.83. The largest absolute Gasteiger partial charge is 0.369 e. The van der Waals surface area contributed by atoms with Crippen molar-refractivity contribution in [2.75, 3.05) is 0 Å². The van der Waals surface area contributed by atoms with Gasteiger partial charge in [0, 0.05) is 34.6 Å². The third-order valence-corrected chi connectivity index (χ3v) is 5.13. The SMILES string of the molecule is Cl.NC(=O)Cc1ccc(Cc2cc(-c3cccc(Cl)c3)nc3c2CCC3)nc1. The zero-order valence-corrected chi connectivity index (χ0v) is 16.9. The first kappa shape index (κ1) is 20.3. The Kier molecular flexibility index (Phi) is 6.32. The van der Waals surface area contributed by atoms with E-state index >= 15 is 0 Å². The molecule has 1 aromatic carbocycles. The number of nitrogens with two attached hydrogens (primary N) is 1. The number of rotatable bonds is 5. The molecule has 6 heteroatoms. The van der Waals surface area contributed by atoms with Crippen LogP contribution in [0.4, 0.5) is 0 Å². The molecule has 4 nitrogen and oxygen atoms in total. The number of pyridine rings is 2. The van der Waals surface area contributed by atoms with E-state index in [2.05, 4.69) is 11.1 Å². The number of hydrogen-bond donors (Lipinski definition) is 1. The molecule has 0 fully saturated rings. The van der Waals surface area contributed by atoms with Crippen LogP contribution in [0, 0.1) is 0 Å². The van der Waals surface area contributed by atoms with E-state index in [9.17, 15) is 4.79 Å². The number of aryl methyl sites for hydroxylation is 1. The van der Waals surface area contributed by atoms with Gasteiger partial charge in [-0.05, 0) is 60.2 Å². The molecule has 0 saturated carbocycles. The molecule has 2 heterocycles. The zero-order valence-electron chi connectivity index (χ0n) is 15.3.